The van der Waals surface area contributed by atoms with Crippen molar-refractivity contribution in [3.8, 4) is 11.3 Å². The van der Waals surface area contributed by atoms with Crippen LogP contribution in [-0.2, 0) is 0 Å². The van der Waals surface area contributed by atoms with Crippen LogP contribution in [0.5, 0.6) is 0 Å². The lowest BCUT2D eigenvalue weighted by Gasteiger charge is -2.24. The number of halogens is 2. The lowest BCUT2D eigenvalue weighted by Crippen LogP contribution is -2.28. The Bertz CT molecular complexity index is 732. The highest BCUT2D eigenvalue weighted by atomic mass is 32.2. The number of thioether (sulfide) groups is 1. The number of aliphatic imine (C=N–C) groups is 1. The Morgan fingerprint density at radius 2 is 2.22 bits per heavy atom. The van der Waals surface area contributed by atoms with Gasteiger partial charge in [-0.3, -0.25) is 4.99 Å². The predicted molar refractivity (Wildman–Crippen MR) is 87.4 cm³/mol. The Morgan fingerprint density at radius 1 is 1.39 bits per heavy atom. The highest BCUT2D eigenvalue weighted by molar-refractivity contribution is 8.13. The quantitative estimate of drug-likeness (QED) is 0.611. The van der Waals surface area contributed by atoms with Gasteiger partial charge in [-0.25, -0.2) is 8.78 Å². The van der Waals surface area contributed by atoms with Crippen LogP contribution in [0.3, 0.4) is 0 Å². The van der Waals surface area contributed by atoms with Gasteiger partial charge in [0.2, 0.25) is 0 Å². The monoisotopic (exact) mass is 337 g/mol. The van der Waals surface area contributed by atoms with E-state index in [1.807, 2.05) is 6.26 Å². The molecule has 0 unspecified atom stereocenters. The molecule has 0 saturated carbocycles. The predicted octanol–water partition coefficient (Wildman–Crippen LogP) is 4.11. The maximum Gasteiger partial charge on any atom is 0.170 e. The fraction of sp³-hybridized carbons (Fsp3) is 0.375. The largest absolute Gasteiger partial charge is 0.356 e. The highest BCUT2D eigenvalue weighted by Gasteiger charge is 2.31. The first-order valence-corrected chi connectivity index (χ1v) is 8.56. The Labute approximate surface area is 137 Å². The highest BCUT2D eigenvalue weighted by Crippen LogP contribution is 2.35. The maximum atomic E-state index is 13.9. The molecule has 23 heavy (non-hydrogen) atoms. The number of rotatable bonds is 2. The second-order valence-corrected chi connectivity index (χ2v) is 6.08. The van der Waals surface area contributed by atoms with E-state index in [0.29, 0.717) is 0 Å². The Balaban J connectivity index is 1.91. The molecule has 2 heterocycles. The van der Waals surface area contributed by atoms with Crippen LogP contribution < -0.4 is 0 Å². The molecule has 0 amide bonds. The number of nitrogens with zero attached hydrogens (tertiary/aromatic N) is 3. The van der Waals surface area contributed by atoms with Crippen molar-refractivity contribution in [2.75, 3.05) is 19.8 Å². The number of likely N-dealkylation sites (tertiary alicyclic amines) is 1. The van der Waals surface area contributed by atoms with Gasteiger partial charge in [-0.05, 0) is 37.3 Å². The van der Waals surface area contributed by atoms with Crippen molar-refractivity contribution in [1.29, 1.82) is 0 Å². The van der Waals surface area contributed by atoms with E-state index < -0.39 is 11.6 Å². The summed E-state index contributed by atoms with van der Waals surface area (Å²) in [6, 6.07) is 5.03. The molecular formula is C16H17F2N3OS. The summed E-state index contributed by atoms with van der Waals surface area (Å²) in [5, 5.41) is 5.02. The molecule has 0 radical (unpaired) electrons. The normalized spacial score (nSPS) is 18.7. The Kier molecular flexibility index (Phi) is 4.66. The topological polar surface area (TPSA) is 41.6 Å². The zero-order valence-corrected chi connectivity index (χ0v) is 13.7. The third kappa shape index (κ3) is 3.10. The van der Waals surface area contributed by atoms with E-state index in [9.17, 15) is 8.78 Å². The van der Waals surface area contributed by atoms with Gasteiger partial charge >= 0.3 is 0 Å². The summed E-state index contributed by atoms with van der Waals surface area (Å²) in [4.78, 5) is 6.47. The summed E-state index contributed by atoms with van der Waals surface area (Å²) in [6.45, 7) is 0.898. The molecule has 2 aromatic rings. The number of hydrogen-bond acceptors (Lipinski definition) is 4. The van der Waals surface area contributed by atoms with E-state index in [-0.39, 0.29) is 17.4 Å². The average molecular weight is 337 g/mol. The average Bonchev–Trinajstić information content (AvgIpc) is 3.20. The van der Waals surface area contributed by atoms with Crippen molar-refractivity contribution < 1.29 is 13.3 Å². The van der Waals surface area contributed by atoms with E-state index in [4.69, 9.17) is 4.52 Å². The van der Waals surface area contributed by atoms with Gasteiger partial charge in [-0.2, -0.15) is 0 Å². The van der Waals surface area contributed by atoms with E-state index in [1.54, 1.807) is 24.9 Å². The fourth-order valence-electron chi connectivity index (χ4n) is 2.90. The second kappa shape index (κ2) is 6.70. The first kappa shape index (κ1) is 16.0. The molecule has 0 N–H and O–H groups in total. The summed E-state index contributed by atoms with van der Waals surface area (Å²) in [7, 11) is 1.76. The van der Waals surface area contributed by atoms with Gasteiger partial charge in [0, 0.05) is 19.7 Å². The van der Waals surface area contributed by atoms with Gasteiger partial charge in [-0.1, -0.05) is 16.9 Å². The van der Waals surface area contributed by atoms with Crippen molar-refractivity contribution in [3.63, 3.8) is 0 Å². The first-order chi connectivity index (χ1) is 11.1. The second-order valence-electron chi connectivity index (χ2n) is 5.30. The standard InChI is InChI=1S/C16H17F2N3OS/c1-19-16(23-2)21-7-3-4-14(21)13-9-15(22-20-13)11-8-10(17)5-6-12(11)18/h5-6,8-9,14H,3-4,7H2,1-2H3/b19-16-/t14-/m1/s1. The lowest BCUT2D eigenvalue weighted by molar-refractivity contribution is 0.361. The summed E-state index contributed by atoms with van der Waals surface area (Å²) in [5.41, 5.74) is 0.805. The molecule has 1 aliphatic rings. The molecule has 1 fully saturated rings. The van der Waals surface area contributed by atoms with Crippen LogP contribution in [-0.4, -0.2) is 35.1 Å². The number of hydrogen-bond donors (Lipinski definition) is 0. The zero-order valence-electron chi connectivity index (χ0n) is 12.9. The van der Waals surface area contributed by atoms with Crippen LogP contribution in [0, 0.1) is 11.6 Å². The molecule has 1 atom stereocenters. The molecule has 122 valence electrons. The molecule has 3 rings (SSSR count). The van der Waals surface area contributed by atoms with Crippen LogP contribution in [0.25, 0.3) is 11.3 Å². The van der Waals surface area contributed by atoms with Gasteiger partial charge in [-0.15, -0.1) is 0 Å². The molecule has 4 nitrogen and oxygen atoms in total. The molecular weight excluding hydrogens is 320 g/mol. The van der Waals surface area contributed by atoms with Crippen LogP contribution in [0.15, 0.2) is 33.8 Å². The van der Waals surface area contributed by atoms with Gasteiger partial charge < -0.3 is 9.42 Å². The minimum atomic E-state index is -0.530. The summed E-state index contributed by atoms with van der Waals surface area (Å²) in [6.07, 6.45) is 3.94. The van der Waals surface area contributed by atoms with E-state index in [2.05, 4.69) is 15.0 Å². The van der Waals surface area contributed by atoms with Gasteiger partial charge in [0.1, 0.15) is 17.3 Å². The van der Waals surface area contributed by atoms with E-state index in [1.165, 1.54) is 0 Å². The zero-order chi connectivity index (χ0) is 16.4. The molecule has 1 aromatic heterocycles. The molecule has 0 aliphatic carbocycles. The van der Waals surface area contributed by atoms with E-state index in [0.717, 1.165) is 48.4 Å². The maximum absolute atomic E-state index is 13.9. The third-order valence-corrected chi connectivity index (χ3v) is 4.72. The number of aromatic nitrogens is 1. The first-order valence-electron chi connectivity index (χ1n) is 7.33. The Morgan fingerprint density at radius 3 is 2.96 bits per heavy atom. The van der Waals surface area contributed by atoms with Gasteiger partial charge in [0.15, 0.2) is 10.9 Å². The fourth-order valence-corrected chi connectivity index (χ4v) is 3.53. The van der Waals surface area contributed by atoms with Crippen LogP contribution >= 0.6 is 11.8 Å². The van der Waals surface area contributed by atoms with E-state index >= 15 is 0 Å². The van der Waals surface area contributed by atoms with Crippen molar-refractivity contribution in [3.05, 3.63) is 41.6 Å². The van der Waals surface area contributed by atoms with Crippen LogP contribution in [0.1, 0.15) is 24.6 Å². The van der Waals surface area contributed by atoms with Gasteiger partial charge in [0.25, 0.3) is 0 Å². The van der Waals surface area contributed by atoms with Crippen LogP contribution in [0.2, 0.25) is 0 Å². The smallest absolute Gasteiger partial charge is 0.170 e. The molecule has 0 spiro atoms. The van der Waals surface area contributed by atoms with Crippen molar-refractivity contribution in [2.24, 2.45) is 4.99 Å². The van der Waals surface area contributed by atoms with Crippen molar-refractivity contribution in [2.45, 2.75) is 18.9 Å². The Hall–Kier alpha value is -1.89. The van der Waals surface area contributed by atoms with Crippen LogP contribution in [0.4, 0.5) is 8.78 Å². The third-order valence-electron chi connectivity index (χ3n) is 3.94. The summed E-state index contributed by atoms with van der Waals surface area (Å²) < 4.78 is 32.5. The minimum Gasteiger partial charge on any atom is -0.356 e. The minimum absolute atomic E-state index is 0.0512. The lowest BCUT2D eigenvalue weighted by atomic mass is 10.1. The number of benzene rings is 1. The molecule has 7 heteroatoms. The van der Waals surface area contributed by atoms with Crippen molar-refractivity contribution >= 4 is 16.9 Å². The molecule has 0 bridgehead atoms. The number of amidine groups is 1. The molecule has 1 aromatic carbocycles. The SMILES string of the molecule is C/N=C(\SC)N1CCC[C@@H]1c1cc(-c2cc(F)ccc2F)on1. The van der Waals surface area contributed by atoms with Crippen molar-refractivity contribution in [1.82, 2.24) is 10.1 Å². The van der Waals surface area contributed by atoms with Gasteiger partial charge in [0.05, 0.1) is 11.6 Å². The molecule has 1 saturated heterocycles. The summed E-state index contributed by atoms with van der Waals surface area (Å²) >= 11 is 1.58. The summed E-state index contributed by atoms with van der Waals surface area (Å²) in [5.74, 6) is -0.801. The molecule has 1 aliphatic heterocycles.